The fraction of sp³-hybridized carbons (Fsp3) is 0.625. The zero-order chi connectivity index (χ0) is 15.5. The topological polar surface area (TPSA) is 32.7 Å². The minimum atomic E-state index is -0.190. The number of benzene rings is 1. The first-order valence-corrected chi connectivity index (χ1v) is 6.98. The van der Waals surface area contributed by atoms with E-state index in [2.05, 4.69) is 13.8 Å². The standard InChI is InChI=1S/C12H17FO.C4H11NO/c1-9(2)4-5-10-8-11(13)6-7-12(10)14-3;1-5(2)3-4-6/h6-9H,4-5H2,1-3H3;6H,3-4H2,1-2H3. The summed E-state index contributed by atoms with van der Waals surface area (Å²) in [4.78, 5) is 1.93. The van der Waals surface area contributed by atoms with Gasteiger partial charge in [0.15, 0.2) is 0 Å². The van der Waals surface area contributed by atoms with Gasteiger partial charge in [0.05, 0.1) is 13.7 Å². The number of likely N-dealkylation sites (N-methyl/N-ethyl adjacent to an activating group) is 1. The smallest absolute Gasteiger partial charge is 0.123 e. The minimum Gasteiger partial charge on any atom is -0.496 e. The molecule has 0 heterocycles. The Balaban J connectivity index is 0.000000511. The number of aliphatic hydroxyl groups excluding tert-OH is 1. The molecule has 0 saturated heterocycles. The summed E-state index contributed by atoms with van der Waals surface area (Å²) < 4.78 is 18.1. The van der Waals surface area contributed by atoms with Gasteiger partial charge in [0.2, 0.25) is 0 Å². The maximum Gasteiger partial charge on any atom is 0.123 e. The number of rotatable bonds is 6. The molecule has 0 bridgehead atoms. The molecule has 0 unspecified atom stereocenters. The van der Waals surface area contributed by atoms with Crippen molar-refractivity contribution in [1.29, 1.82) is 0 Å². The maximum absolute atomic E-state index is 13.0. The monoisotopic (exact) mass is 285 g/mol. The van der Waals surface area contributed by atoms with Crippen molar-refractivity contribution in [1.82, 2.24) is 4.90 Å². The molecule has 0 aliphatic heterocycles. The van der Waals surface area contributed by atoms with Gasteiger partial charge in [-0.1, -0.05) is 13.8 Å². The summed E-state index contributed by atoms with van der Waals surface area (Å²) in [6, 6.07) is 4.67. The Hall–Kier alpha value is -1.13. The molecular formula is C16H28FNO2. The third kappa shape index (κ3) is 8.88. The molecule has 1 aromatic rings. The number of aliphatic hydroxyl groups is 1. The van der Waals surface area contributed by atoms with Crippen LogP contribution < -0.4 is 4.74 Å². The van der Waals surface area contributed by atoms with Crippen LogP contribution in [0.15, 0.2) is 18.2 Å². The summed E-state index contributed by atoms with van der Waals surface area (Å²) in [6.07, 6.45) is 1.93. The molecule has 1 rings (SSSR count). The summed E-state index contributed by atoms with van der Waals surface area (Å²) in [6.45, 7) is 5.34. The van der Waals surface area contributed by atoms with E-state index in [1.807, 2.05) is 19.0 Å². The Morgan fingerprint density at radius 1 is 1.30 bits per heavy atom. The lowest BCUT2D eigenvalue weighted by Gasteiger charge is -2.09. The molecule has 3 nitrogen and oxygen atoms in total. The van der Waals surface area contributed by atoms with Gasteiger partial charge < -0.3 is 14.7 Å². The third-order valence-corrected chi connectivity index (χ3v) is 2.78. The van der Waals surface area contributed by atoms with Crippen molar-refractivity contribution in [2.75, 3.05) is 34.4 Å². The normalized spacial score (nSPS) is 10.4. The molecule has 0 saturated carbocycles. The van der Waals surface area contributed by atoms with Crippen LogP contribution in [0.2, 0.25) is 0 Å². The summed E-state index contributed by atoms with van der Waals surface area (Å²) >= 11 is 0. The number of halogens is 1. The van der Waals surface area contributed by atoms with Crippen molar-refractivity contribution >= 4 is 0 Å². The van der Waals surface area contributed by atoms with Gasteiger partial charge in [-0.25, -0.2) is 4.39 Å². The van der Waals surface area contributed by atoms with Crippen LogP contribution in [-0.4, -0.2) is 44.4 Å². The van der Waals surface area contributed by atoms with Crippen molar-refractivity contribution in [2.45, 2.75) is 26.7 Å². The summed E-state index contributed by atoms with van der Waals surface area (Å²) in [5.41, 5.74) is 0.959. The Morgan fingerprint density at radius 3 is 2.35 bits per heavy atom. The summed E-state index contributed by atoms with van der Waals surface area (Å²) in [7, 11) is 5.47. The number of ether oxygens (including phenoxy) is 1. The Labute approximate surface area is 122 Å². The highest BCUT2D eigenvalue weighted by molar-refractivity contribution is 5.33. The highest BCUT2D eigenvalue weighted by Gasteiger charge is 2.05. The van der Waals surface area contributed by atoms with Crippen LogP contribution in [0.25, 0.3) is 0 Å². The summed E-state index contributed by atoms with van der Waals surface area (Å²) in [5.74, 6) is 1.22. The minimum absolute atomic E-state index is 0.190. The van der Waals surface area contributed by atoms with Gasteiger partial charge in [-0.05, 0) is 56.6 Å². The Morgan fingerprint density at radius 2 is 1.95 bits per heavy atom. The first-order chi connectivity index (χ1) is 9.40. The van der Waals surface area contributed by atoms with E-state index in [1.165, 1.54) is 6.07 Å². The average molecular weight is 285 g/mol. The second-order valence-corrected chi connectivity index (χ2v) is 5.42. The van der Waals surface area contributed by atoms with Crippen LogP contribution in [-0.2, 0) is 6.42 Å². The predicted molar refractivity (Wildman–Crippen MR) is 81.8 cm³/mol. The lowest BCUT2D eigenvalue weighted by atomic mass is 10.0. The average Bonchev–Trinajstić information content (AvgIpc) is 2.37. The van der Waals surface area contributed by atoms with Crippen LogP contribution >= 0.6 is 0 Å². The van der Waals surface area contributed by atoms with E-state index >= 15 is 0 Å². The first kappa shape index (κ1) is 18.9. The van der Waals surface area contributed by atoms with Crippen LogP contribution in [0.3, 0.4) is 0 Å². The van der Waals surface area contributed by atoms with Crippen molar-refractivity contribution in [3.63, 3.8) is 0 Å². The van der Waals surface area contributed by atoms with Crippen molar-refractivity contribution in [3.8, 4) is 5.75 Å². The Kier molecular flexibility index (Phi) is 10.0. The fourth-order valence-corrected chi connectivity index (χ4v) is 1.59. The van der Waals surface area contributed by atoms with Crippen LogP contribution in [0, 0.1) is 11.7 Å². The fourth-order valence-electron chi connectivity index (χ4n) is 1.59. The van der Waals surface area contributed by atoms with E-state index in [0.29, 0.717) is 5.92 Å². The van der Waals surface area contributed by atoms with Gasteiger partial charge in [0.1, 0.15) is 11.6 Å². The van der Waals surface area contributed by atoms with Gasteiger partial charge >= 0.3 is 0 Å². The van der Waals surface area contributed by atoms with E-state index in [1.54, 1.807) is 19.2 Å². The summed E-state index contributed by atoms with van der Waals surface area (Å²) in [5, 5.41) is 8.20. The van der Waals surface area contributed by atoms with E-state index in [9.17, 15) is 4.39 Å². The van der Waals surface area contributed by atoms with Crippen molar-refractivity contribution in [2.24, 2.45) is 5.92 Å². The second-order valence-electron chi connectivity index (χ2n) is 5.42. The molecule has 0 aromatic heterocycles. The lowest BCUT2D eigenvalue weighted by Crippen LogP contribution is -2.15. The zero-order valence-corrected chi connectivity index (χ0v) is 13.3. The molecule has 0 spiro atoms. The highest BCUT2D eigenvalue weighted by atomic mass is 19.1. The van der Waals surface area contributed by atoms with Gasteiger partial charge in [-0.2, -0.15) is 0 Å². The molecule has 116 valence electrons. The number of nitrogens with zero attached hydrogens (tertiary/aromatic N) is 1. The van der Waals surface area contributed by atoms with Gasteiger partial charge in [-0.3, -0.25) is 0 Å². The number of methoxy groups -OCH3 is 1. The molecule has 0 aliphatic rings. The second kappa shape index (κ2) is 10.6. The van der Waals surface area contributed by atoms with Gasteiger partial charge in [0.25, 0.3) is 0 Å². The molecule has 0 fully saturated rings. The van der Waals surface area contributed by atoms with Crippen molar-refractivity contribution < 1.29 is 14.2 Å². The Bertz CT molecular complexity index is 367. The third-order valence-electron chi connectivity index (χ3n) is 2.78. The van der Waals surface area contributed by atoms with E-state index in [-0.39, 0.29) is 12.4 Å². The number of hydrogen-bond acceptors (Lipinski definition) is 3. The van der Waals surface area contributed by atoms with Crippen LogP contribution in [0.5, 0.6) is 5.75 Å². The van der Waals surface area contributed by atoms with E-state index in [4.69, 9.17) is 9.84 Å². The molecular weight excluding hydrogens is 257 g/mol. The van der Waals surface area contributed by atoms with E-state index in [0.717, 1.165) is 30.7 Å². The highest BCUT2D eigenvalue weighted by Crippen LogP contribution is 2.22. The van der Waals surface area contributed by atoms with Crippen LogP contribution in [0.1, 0.15) is 25.8 Å². The largest absolute Gasteiger partial charge is 0.496 e. The lowest BCUT2D eigenvalue weighted by molar-refractivity contribution is 0.243. The number of aryl methyl sites for hydroxylation is 1. The maximum atomic E-state index is 13.0. The molecule has 4 heteroatoms. The molecule has 1 aromatic carbocycles. The molecule has 0 radical (unpaired) electrons. The molecule has 0 amide bonds. The molecule has 1 N–H and O–H groups in total. The number of hydrogen-bond donors (Lipinski definition) is 1. The zero-order valence-electron chi connectivity index (χ0n) is 13.3. The van der Waals surface area contributed by atoms with Crippen molar-refractivity contribution in [3.05, 3.63) is 29.6 Å². The first-order valence-electron chi connectivity index (χ1n) is 6.98. The predicted octanol–water partition coefficient (Wildman–Crippen LogP) is 2.96. The molecule has 0 atom stereocenters. The molecule has 20 heavy (non-hydrogen) atoms. The quantitative estimate of drug-likeness (QED) is 0.872. The van der Waals surface area contributed by atoms with Gasteiger partial charge in [0, 0.05) is 6.54 Å². The van der Waals surface area contributed by atoms with Gasteiger partial charge in [-0.15, -0.1) is 0 Å². The molecule has 0 aliphatic carbocycles. The van der Waals surface area contributed by atoms with Crippen LogP contribution in [0.4, 0.5) is 4.39 Å². The van der Waals surface area contributed by atoms with E-state index < -0.39 is 0 Å². The SMILES string of the molecule is CN(C)CCO.COc1ccc(F)cc1CCC(C)C.